The highest BCUT2D eigenvalue weighted by Crippen LogP contribution is 2.15. The van der Waals surface area contributed by atoms with Crippen LogP contribution in [-0.4, -0.2) is 18.4 Å². The fraction of sp³-hybridized carbons (Fsp3) is 0.444. The standard InChI is InChI=1S/C9H11NO2/c1-6-4-7-2-3-12-9(7)8(11)5-10-6/h2-3,6,10H,4-5H2,1H3. The lowest BCUT2D eigenvalue weighted by atomic mass is 10.1. The fourth-order valence-corrected chi connectivity index (χ4v) is 1.49. The van der Waals surface area contributed by atoms with Gasteiger partial charge in [-0.3, -0.25) is 4.79 Å². The van der Waals surface area contributed by atoms with E-state index >= 15 is 0 Å². The van der Waals surface area contributed by atoms with Crippen molar-refractivity contribution in [3.63, 3.8) is 0 Å². The summed E-state index contributed by atoms with van der Waals surface area (Å²) in [5, 5.41) is 3.12. The van der Waals surface area contributed by atoms with Crippen LogP contribution in [0.5, 0.6) is 0 Å². The van der Waals surface area contributed by atoms with Crippen LogP contribution in [0.4, 0.5) is 0 Å². The first kappa shape index (κ1) is 7.55. The highest BCUT2D eigenvalue weighted by atomic mass is 16.3. The first-order chi connectivity index (χ1) is 5.77. The number of ketones is 1. The lowest BCUT2D eigenvalue weighted by molar-refractivity contribution is 0.0965. The topological polar surface area (TPSA) is 42.2 Å². The predicted octanol–water partition coefficient (Wildman–Crippen LogP) is 0.996. The Labute approximate surface area is 70.8 Å². The summed E-state index contributed by atoms with van der Waals surface area (Å²) in [4.78, 5) is 11.4. The number of furan rings is 1. The third kappa shape index (κ3) is 1.16. The molecule has 3 heteroatoms. The Morgan fingerprint density at radius 2 is 2.50 bits per heavy atom. The van der Waals surface area contributed by atoms with Crippen molar-refractivity contribution >= 4 is 5.78 Å². The number of carbonyl (C=O) groups is 1. The highest BCUT2D eigenvalue weighted by Gasteiger charge is 2.21. The summed E-state index contributed by atoms with van der Waals surface area (Å²) in [5.74, 6) is 0.589. The molecule has 2 heterocycles. The van der Waals surface area contributed by atoms with E-state index in [4.69, 9.17) is 4.42 Å². The SMILES string of the molecule is CC1Cc2ccoc2C(=O)CN1. The zero-order chi connectivity index (χ0) is 8.55. The van der Waals surface area contributed by atoms with Crippen molar-refractivity contribution in [2.75, 3.05) is 6.54 Å². The molecule has 1 aliphatic rings. The number of hydrogen-bond acceptors (Lipinski definition) is 3. The van der Waals surface area contributed by atoms with Crippen molar-refractivity contribution in [2.24, 2.45) is 0 Å². The van der Waals surface area contributed by atoms with Gasteiger partial charge < -0.3 is 9.73 Å². The summed E-state index contributed by atoms with van der Waals surface area (Å²) in [5.41, 5.74) is 1.03. The quantitative estimate of drug-likeness (QED) is 0.623. The van der Waals surface area contributed by atoms with Gasteiger partial charge in [0.25, 0.3) is 0 Å². The maximum atomic E-state index is 11.4. The number of fused-ring (bicyclic) bond motifs is 1. The lowest BCUT2D eigenvalue weighted by Gasteiger charge is -2.06. The molecule has 12 heavy (non-hydrogen) atoms. The molecule has 0 radical (unpaired) electrons. The maximum Gasteiger partial charge on any atom is 0.211 e. The van der Waals surface area contributed by atoms with E-state index in [1.165, 1.54) is 0 Å². The minimum Gasteiger partial charge on any atom is -0.461 e. The van der Waals surface area contributed by atoms with E-state index in [9.17, 15) is 4.79 Å². The Morgan fingerprint density at radius 3 is 3.33 bits per heavy atom. The average Bonchev–Trinajstić information content (AvgIpc) is 2.44. The molecule has 0 aromatic carbocycles. The Kier molecular flexibility index (Phi) is 1.73. The molecule has 0 saturated heterocycles. The largest absolute Gasteiger partial charge is 0.461 e. The van der Waals surface area contributed by atoms with Gasteiger partial charge in [-0.05, 0) is 19.4 Å². The van der Waals surface area contributed by atoms with Crippen LogP contribution in [0.3, 0.4) is 0 Å². The van der Waals surface area contributed by atoms with E-state index in [2.05, 4.69) is 12.2 Å². The molecule has 1 aliphatic heterocycles. The molecule has 1 aromatic rings. The number of Topliss-reactive ketones (excluding diaryl/α,β-unsaturated/α-hetero) is 1. The van der Waals surface area contributed by atoms with Crippen LogP contribution in [0.2, 0.25) is 0 Å². The van der Waals surface area contributed by atoms with Gasteiger partial charge in [0.1, 0.15) is 0 Å². The second kappa shape index (κ2) is 2.75. The monoisotopic (exact) mass is 165 g/mol. The summed E-state index contributed by atoms with van der Waals surface area (Å²) >= 11 is 0. The summed E-state index contributed by atoms with van der Waals surface area (Å²) in [6.07, 6.45) is 2.46. The van der Waals surface area contributed by atoms with Gasteiger partial charge in [-0.2, -0.15) is 0 Å². The first-order valence-corrected chi connectivity index (χ1v) is 4.10. The molecule has 0 aliphatic carbocycles. The summed E-state index contributed by atoms with van der Waals surface area (Å²) < 4.78 is 5.11. The summed E-state index contributed by atoms with van der Waals surface area (Å²) in [6.45, 7) is 2.46. The highest BCUT2D eigenvalue weighted by molar-refractivity contribution is 5.96. The van der Waals surface area contributed by atoms with Crippen LogP contribution in [0.1, 0.15) is 23.0 Å². The van der Waals surface area contributed by atoms with Crippen molar-refractivity contribution in [1.82, 2.24) is 5.32 Å². The van der Waals surface area contributed by atoms with Gasteiger partial charge in [-0.15, -0.1) is 0 Å². The van der Waals surface area contributed by atoms with Crippen molar-refractivity contribution in [3.8, 4) is 0 Å². The fourth-order valence-electron chi connectivity index (χ4n) is 1.49. The molecule has 0 saturated carbocycles. The number of carbonyl (C=O) groups excluding carboxylic acids is 1. The van der Waals surface area contributed by atoms with E-state index < -0.39 is 0 Å². The summed E-state index contributed by atoms with van der Waals surface area (Å²) in [7, 11) is 0. The van der Waals surface area contributed by atoms with Crippen LogP contribution in [-0.2, 0) is 6.42 Å². The lowest BCUT2D eigenvalue weighted by Crippen LogP contribution is -2.29. The van der Waals surface area contributed by atoms with E-state index in [0.717, 1.165) is 12.0 Å². The minimum atomic E-state index is 0.0550. The van der Waals surface area contributed by atoms with Gasteiger partial charge in [0.2, 0.25) is 5.78 Å². The summed E-state index contributed by atoms with van der Waals surface area (Å²) in [6, 6.07) is 2.23. The van der Waals surface area contributed by atoms with Gasteiger partial charge in [-0.1, -0.05) is 0 Å². The van der Waals surface area contributed by atoms with Crippen molar-refractivity contribution in [3.05, 3.63) is 23.7 Å². The number of hydrogen-bond donors (Lipinski definition) is 1. The third-order valence-electron chi connectivity index (χ3n) is 2.14. The molecular formula is C9H11NO2. The molecule has 3 nitrogen and oxygen atoms in total. The van der Waals surface area contributed by atoms with Crippen molar-refractivity contribution in [2.45, 2.75) is 19.4 Å². The van der Waals surface area contributed by atoms with Gasteiger partial charge in [0.05, 0.1) is 12.8 Å². The maximum absolute atomic E-state index is 11.4. The number of rotatable bonds is 0. The van der Waals surface area contributed by atoms with Crippen LogP contribution in [0.25, 0.3) is 0 Å². The zero-order valence-electron chi connectivity index (χ0n) is 6.96. The van der Waals surface area contributed by atoms with Crippen LogP contribution in [0.15, 0.2) is 16.7 Å². The molecule has 0 spiro atoms. The number of nitrogens with one attached hydrogen (secondary N) is 1. The molecule has 0 fully saturated rings. The molecule has 0 amide bonds. The van der Waals surface area contributed by atoms with Gasteiger partial charge in [-0.25, -0.2) is 0 Å². The first-order valence-electron chi connectivity index (χ1n) is 4.10. The molecule has 1 N–H and O–H groups in total. The third-order valence-corrected chi connectivity index (χ3v) is 2.14. The Morgan fingerprint density at radius 1 is 1.67 bits per heavy atom. The molecule has 0 bridgehead atoms. The molecule has 1 atom stereocenters. The molecule has 1 aromatic heterocycles. The van der Waals surface area contributed by atoms with Gasteiger partial charge >= 0.3 is 0 Å². The zero-order valence-corrected chi connectivity index (χ0v) is 6.96. The smallest absolute Gasteiger partial charge is 0.211 e. The van der Waals surface area contributed by atoms with Crippen molar-refractivity contribution < 1.29 is 9.21 Å². The molecule has 64 valence electrons. The minimum absolute atomic E-state index is 0.0550. The van der Waals surface area contributed by atoms with E-state index in [0.29, 0.717) is 18.3 Å². The van der Waals surface area contributed by atoms with Crippen LogP contribution < -0.4 is 5.32 Å². The predicted molar refractivity (Wildman–Crippen MR) is 44.2 cm³/mol. The molecule has 1 unspecified atom stereocenters. The molecule has 2 rings (SSSR count). The van der Waals surface area contributed by atoms with Gasteiger partial charge in [0.15, 0.2) is 5.76 Å². The second-order valence-electron chi connectivity index (χ2n) is 3.18. The Bertz CT molecular complexity index is 303. The normalized spacial score (nSPS) is 23.4. The average molecular weight is 165 g/mol. The molecular weight excluding hydrogens is 154 g/mol. The Hall–Kier alpha value is -1.09. The van der Waals surface area contributed by atoms with Crippen LogP contribution >= 0.6 is 0 Å². The van der Waals surface area contributed by atoms with E-state index in [1.54, 1.807) is 6.26 Å². The second-order valence-corrected chi connectivity index (χ2v) is 3.18. The van der Waals surface area contributed by atoms with Crippen molar-refractivity contribution in [1.29, 1.82) is 0 Å². The van der Waals surface area contributed by atoms with E-state index in [-0.39, 0.29) is 5.78 Å². The van der Waals surface area contributed by atoms with Crippen LogP contribution in [0, 0.1) is 0 Å². The van der Waals surface area contributed by atoms with Gasteiger partial charge in [0, 0.05) is 11.6 Å². The Balaban J connectivity index is 2.38. The van der Waals surface area contributed by atoms with E-state index in [1.807, 2.05) is 6.07 Å².